The van der Waals surface area contributed by atoms with Crippen molar-refractivity contribution in [1.82, 2.24) is 5.32 Å². The number of aliphatic carboxylic acids is 1. The Hall–Kier alpha value is -2.09. The number of amides is 1. The second-order valence-electron chi connectivity index (χ2n) is 4.60. The molecule has 0 bridgehead atoms. The van der Waals surface area contributed by atoms with Crippen molar-refractivity contribution in [2.24, 2.45) is 0 Å². The van der Waals surface area contributed by atoms with Gasteiger partial charge >= 0.3 is 12.1 Å². The van der Waals surface area contributed by atoms with Crippen molar-refractivity contribution in [3.63, 3.8) is 0 Å². The van der Waals surface area contributed by atoms with Gasteiger partial charge in [-0.3, -0.25) is 4.79 Å². The largest absolute Gasteiger partial charge is 0.481 e. The monoisotopic (exact) mass is 327 g/mol. The van der Waals surface area contributed by atoms with Crippen molar-refractivity contribution in [2.45, 2.75) is 36.5 Å². The summed E-state index contributed by atoms with van der Waals surface area (Å²) in [6, 6.07) is 5.03. The zero-order valence-electron chi connectivity index (χ0n) is 12.4. The maximum absolute atomic E-state index is 11.7. The lowest BCUT2D eigenvalue weighted by atomic mass is 10.3. The van der Waals surface area contributed by atoms with Gasteiger partial charge in [-0.2, -0.15) is 0 Å². The van der Waals surface area contributed by atoms with E-state index in [1.54, 1.807) is 18.2 Å². The summed E-state index contributed by atoms with van der Waals surface area (Å²) in [5.74, 6) is -1.04. The summed E-state index contributed by atoms with van der Waals surface area (Å²) >= 11 is 1.10. The molecule has 1 rings (SSSR count). The quantitative estimate of drug-likeness (QED) is 0.249. The highest BCUT2D eigenvalue weighted by atomic mass is 32.2. The number of hydrogen-bond acceptors (Lipinski definition) is 6. The van der Waals surface area contributed by atoms with E-state index in [1.165, 1.54) is 0 Å². The van der Waals surface area contributed by atoms with Crippen LogP contribution in [0.5, 0.6) is 0 Å². The Balaban J connectivity index is 2.72. The van der Waals surface area contributed by atoms with Crippen LogP contribution < -0.4 is 16.8 Å². The number of nitrogens with two attached hydrogens (primary N) is 2. The molecule has 1 aromatic carbocycles. The number of ether oxygens (including phenoxy) is 1. The molecular formula is C14H21N3O4S. The molecule has 0 fully saturated rings. The Labute approximate surface area is 133 Å². The number of hydrogen-bond donors (Lipinski definition) is 4. The van der Waals surface area contributed by atoms with E-state index in [9.17, 15) is 9.59 Å². The fourth-order valence-corrected chi connectivity index (χ4v) is 2.69. The smallest absolute Gasteiger partial charge is 0.408 e. The van der Waals surface area contributed by atoms with Crippen LogP contribution in [0.3, 0.4) is 0 Å². The molecule has 0 saturated heterocycles. The highest BCUT2D eigenvalue weighted by Gasteiger charge is 2.20. The zero-order valence-corrected chi connectivity index (χ0v) is 13.2. The molecule has 8 heteroatoms. The Bertz CT molecular complexity index is 505. The van der Waals surface area contributed by atoms with Gasteiger partial charge in [-0.1, -0.05) is 31.2 Å². The lowest BCUT2D eigenvalue weighted by Crippen LogP contribution is -2.35. The number of carboxylic acid groups (broad SMARTS) is 1. The number of carboxylic acids is 1. The Kier molecular flexibility index (Phi) is 7.38. The van der Waals surface area contributed by atoms with Crippen LogP contribution >= 0.6 is 11.8 Å². The predicted molar refractivity (Wildman–Crippen MR) is 86.6 cm³/mol. The first-order valence-corrected chi connectivity index (χ1v) is 7.77. The number of alkyl carbamates (subject to hydrolysis) is 1. The topological polar surface area (TPSA) is 128 Å². The van der Waals surface area contributed by atoms with Gasteiger partial charge in [-0.15, -0.1) is 0 Å². The molecule has 6 N–H and O–H groups in total. The van der Waals surface area contributed by atoms with E-state index >= 15 is 0 Å². The van der Waals surface area contributed by atoms with Crippen molar-refractivity contribution < 1.29 is 19.4 Å². The molecule has 0 aliphatic carbocycles. The fourth-order valence-electron chi connectivity index (χ4n) is 1.61. The summed E-state index contributed by atoms with van der Waals surface area (Å²) in [6.45, 7) is 2.27. The number of unbranched alkanes of at least 4 members (excludes halogenated alkanes) is 1. The Morgan fingerprint density at radius 2 is 2.00 bits per heavy atom. The van der Waals surface area contributed by atoms with Gasteiger partial charge in [0, 0.05) is 11.4 Å². The average Bonchev–Trinajstić information content (AvgIpc) is 2.42. The number of nitrogen functional groups attached to an aromatic ring is 2. The normalized spacial score (nSPS) is 11.7. The Morgan fingerprint density at radius 3 is 2.55 bits per heavy atom. The minimum Gasteiger partial charge on any atom is -0.481 e. The van der Waals surface area contributed by atoms with Crippen LogP contribution in [0.4, 0.5) is 16.2 Å². The first kappa shape index (κ1) is 18.0. The van der Waals surface area contributed by atoms with Crippen molar-refractivity contribution in [3.8, 4) is 0 Å². The van der Waals surface area contributed by atoms with Crippen LogP contribution in [0.25, 0.3) is 0 Å². The molecule has 1 atom stereocenters. The lowest BCUT2D eigenvalue weighted by Gasteiger charge is -2.18. The van der Waals surface area contributed by atoms with Gasteiger partial charge in [0.2, 0.25) is 0 Å². The van der Waals surface area contributed by atoms with Crippen molar-refractivity contribution in [3.05, 3.63) is 18.2 Å². The number of rotatable bonds is 8. The molecular weight excluding hydrogens is 306 g/mol. The van der Waals surface area contributed by atoms with Crippen LogP contribution in [0.15, 0.2) is 23.1 Å². The van der Waals surface area contributed by atoms with Crippen LogP contribution in [0.1, 0.15) is 26.2 Å². The minimum atomic E-state index is -1.04. The first-order valence-electron chi connectivity index (χ1n) is 6.89. The highest BCUT2D eigenvalue weighted by molar-refractivity contribution is 8.00. The van der Waals surface area contributed by atoms with Crippen LogP contribution in [0, 0.1) is 0 Å². The van der Waals surface area contributed by atoms with E-state index in [1.807, 2.05) is 6.92 Å². The molecule has 1 aromatic rings. The second-order valence-corrected chi connectivity index (χ2v) is 5.82. The second kappa shape index (κ2) is 9.04. The first-order chi connectivity index (χ1) is 10.4. The van der Waals surface area contributed by atoms with Crippen molar-refractivity contribution in [2.75, 3.05) is 18.1 Å². The Morgan fingerprint density at radius 1 is 1.36 bits per heavy atom. The van der Waals surface area contributed by atoms with Gasteiger partial charge in [0.25, 0.3) is 0 Å². The molecule has 0 aliphatic heterocycles. The maximum Gasteiger partial charge on any atom is 0.408 e. The molecule has 0 radical (unpaired) electrons. The molecule has 1 unspecified atom stereocenters. The van der Waals surface area contributed by atoms with Gasteiger partial charge in [-0.25, -0.2) is 4.79 Å². The van der Waals surface area contributed by atoms with E-state index < -0.39 is 17.4 Å². The van der Waals surface area contributed by atoms with E-state index in [4.69, 9.17) is 21.3 Å². The van der Waals surface area contributed by atoms with Crippen LogP contribution in [-0.2, 0) is 9.53 Å². The van der Waals surface area contributed by atoms with Gasteiger partial charge < -0.3 is 26.6 Å². The van der Waals surface area contributed by atoms with Gasteiger partial charge in [0.05, 0.1) is 23.3 Å². The van der Waals surface area contributed by atoms with E-state index in [0.717, 1.165) is 24.6 Å². The molecule has 0 saturated carbocycles. The summed E-state index contributed by atoms with van der Waals surface area (Å²) in [4.78, 5) is 23.2. The molecule has 22 heavy (non-hydrogen) atoms. The summed E-state index contributed by atoms with van der Waals surface area (Å²) in [7, 11) is 0. The third kappa shape index (κ3) is 6.13. The maximum atomic E-state index is 11.7. The van der Waals surface area contributed by atoms with Crippen molar-refractivity contribution in [1.29, 1.82) is 0 Å². The summed E-state index contributed by atoms with van der Waals surface area (Å²) in [5, 5.41) is 10.8. The van der Waals surface area contributed by atoms with E-state index in [-0.39, 0.29) is 6.42 Å². The van der Waals surface area contributed by atoms with Gasteiger partial charge in [0.1, 0.15) is 0 Å². The number of carbonyl (C=O) groups excluding carboxylic acids is 1. The minimum absolute atomic E-state index is 0.276. The number of thioether (sulfide) groups is 1. The molecule has 0 heterocycles. The third-order valence-electron chi connectivity index (χ3n) is 2.71. The third-order valence-corrected chi connectivity index (χ3v) is 3.98. The molecule has 0 aliphatic rings. The summed E-state index contributed by atoms with van der Waals surface area (Å²) < 4.78 is 4.97. The van der Waals surface area contributed by atoms with E-state index in [0.29, 0.717) is 22.9 Å². The molecule has 0 spiro atoms. The molecule has 1 amide bonds. The lowest BCUT2D eigenvalue weighted by molar-refractivity contribution is -0.137. The number of benzene rings is 1. The SMILES string of the molecule is CCCCOC(=O)NC(CC(=O)O)Sc1c(N)cccc1N. The fraction of sp³-hybridized carbons (Fsp3) is 0.429. The van der Waals surface area contributed by atoms with Gasteiger partial charge in [0.15, 0.2) is 0 Å². The highest BCUT2D eigenvalue weighted by Crippen LogP contribution is 2.34. The average molecular weight is 327 g/mol. The summed E-state index contributed by atoms with van der Waals surface area (Å²) in [6.07, 6.45) is 0.724. The standard InChI is InChI=1S/C14H21N3O4S/c1-2-3-7-21-14(20)17-11(8-12(18)19)22-13-9(15)5-4-6-10(13)16/h4-6,11H,2-3,7-8,15-16H2,1H3,(H,17,20)(H,18,19). The molecule has 7 nitrogen and oxygen atoms in total. The molecule has 0 aromatic heterocycles. The number of anilines is 2. The van der Waals surface area contributed by atoms with Crippen LogP contribution in [0.2, 0.25) is 0 Å². The van der Waals surface area contributed by atoms with Gasteiger partial charge in [-0.05, 0) is 18.6 Å². The molecule has 122 valence electrons. The van der Waals surface area contributed by atoms with E-state index in [2.05, 4.69) is 5.32 Å². The summed E-state index contributed by atoms with van der Waals surface area (Å²) in [5.41, 5.74) is 12.5. The zero-order chi connectivity index (χ0) is 16.5. The number of carbonyl (C=O) groups is 2. The predicted octanol–water partition coefficient (Wildman–Crippen LogP) is 2.27. The van der Waals surface area contributed by atoms with Crippen LogP contribution in [-0.4, -0.2) is 29.1 Å². The number of nitrogens with one attached hydrogen (secondary N) is 1. The van der Waals surface area contributed by atoms with Crippen molar-refractivity contribution >= 4 is 35.2 Å².